The van der Waals surface area contributed by atoms with Crippen molar-refractivity contribution < 1.29 is 37.1 Å². The zero-order valence-corrected chi connectivity index (χ0v) is 42.0. The number of nitrogens with one attached hydrogen (secondary N) is 2. The van der Waals surface area contributed by atoms with Gasteiger partial charge < -0.3 is 44.8 Å². The number of carbonyl (C=O) groups is 1. The third-order valence-electron chi connectivity index (χ3n) is 17.7. The second-order valence-electron chi connectivity index (χ2n) is 21.8. The molecular formula is C54H63N9O9S. The zero-order valence-electron chi connectivity index (χ0n) is 41.2. The highest BCUT2D eigenvalue weighted by Crippen LogP contribution is 2.56. The Morgan fingerprint density at radius 1 is 0.986 bits per heavy atom. The summed E-state index contributed by atoms with van der Waals surface area (Å²) in [5.41, 5.74) is 10.5. The van der Waals surface area contributed by atoms with Crippen molar-refractivity contribution in [3.05, 3.63) is 93.7 Å². The summed E-state index contributed by atoms with van der Waals surface area (Å²) in [6, 6.07) is 19.4. The molecule has 18 nitrogen and oxygen atoms in total. The highest BCUT2D eigenvalue weighted by molar-refractivity contribution is 7.91. The van der Waals surface area contributed by atoms with Gasteiger partial charge in [-0.25, -0.2) is 8.42 Å². The highest BCUT2D eigenvalue weighted by atomic mass is 32.2. The largest absolute Gasteiger partial charge is 0.489 e. The monoisotopic (exact) mass is 1010 g/mol. The van der Waals surface area contributed by atoms with Gasteiger partial charge in [0.1, 0.15) is 28.9 Å². The number of nitrogens with two attached hydrogens (primary N) is 1. The normalized spacial score (nSPS) is 26.9. The van der Waals surface area contributed by atoms with Crippen LogP contribution in [0.2, 0.25) is 0 Å². The van der Waals surface area contributed by atoms with Crippen LogP contribution in [0.3, 0.4) is 0 Å². The minimum absolute atomic E-state index is 0.0117. The Morgan fingerprint density at radius 3 is 2.62 bits per heavy atom. The number of piperidine rings is 1. The number of anilines is 4. The zero-order chi connectivity index (χ0) is 49.8. The van der Waals surface area contributed by atoms with Gasteiger partial charge in [-0.2, -0.15) is 4.98 Å². The van der Waals surface area contributed by atoms with Crippen molar-refractivity contribution in [1.82, 2.24) is 19.8 Å². The number of hydrogen-bond acceptors (Lipinski definition) is 15. The van der Waals surface area contributed by atoms with Crippen LogP contribution >= 0.6 is 0 Å². The third kappa shape index (κ3) is 8.08. The molecule has 2 bridgehead atoms. The Kier molecular flexibility index (Phi) is 11.6. The summed E-state index contributed by atoms with van der Waals surface area (Å²) in [5.74, 6) is -0.659. The van der Waals surface area contributed by atoms with Gasteiger partial charge in [-0.05, 0) is 105 Å². The van der Waals surface area contributed by atoms with Crippen LogP contribution in [-0.2, 0) is 25.7 Å². The topological polar surface area (TPSA) is 211 Å². The summed E-state index contributed by atoms with van der Waals surface area (Å²) in [6.45, 7) is 7.70. The summed E-state index contributed by atoms with van der Waals surface area (Å²) in [4.78, 5) is 43.1. The Bertz CT molecular complexity index is 3120. The predicted molar refractivity (Wildman–Crippen MR) is 274 cm³/mol. The van der Waals surface area contributed by atoms with Gasteiger partial charge in [0.15, 0.2) is 11.4 Å². The van der Waals surface area contributed by atoms with E-state index in [-0.39, 0.29) is 81.0 Å². The van der Waals surface area contributed by atoms with Gasteiger partial charge in [-0.15, -0.1) is 0 Å². The SMILES string of the molecule is CCc1ccccc1[C@@H]1CCCN1C1CC2(CCN(c3ccc(C(N)=O)c(N4C[C@H]5CCOC[C@H]5Oc5nc6[nH]ccc6cc54)c3S(=O)(=O)c3cc4c(c([N+](=O)[O-])c3)N[C@@H](CN3C[C@@H]5C[C@H]3CO5)CO4)CC2)C1. The number of H-pyrrole nitrogens is 1. The maximum Gasteiger partial charge on any atom is 0.297 e. The number of morpholine rings is 1. The first-order valence-electron chi connectivity index (χ1n) is 26.3. The average molecular weight is 1010 g/mol. The van der Waals surface area contributed by atoms with Crippen molar-refractivity contribution in [1.29, 1.82) is 0 Å². The minimum Gasteiger partial charge on any atom is -0.489 e. The van der Waals surface area contributed by atoms with Crippen molar-refractivity contribution in [2.24, 2.45) is 17.1 Å². The molecule has 1 amide bonds. The number of carbonyl (C=O) groups excluding carboxylic acids is 1. The lowest BCUT2D eigenvalue weighted by molar-refractivity contribution is -0.384. The average Bonchev–Trinajstić information content (AvgIpc) is 4.22. The molecule has 6 atom stereocenters. The summed E-state index contributed by atoms with van der Waals surface area (Å²) >= 11 is 0. The first-order chi connectivity index (χ1) is 35.4. The van der Waals surface area contributed by atoms with E-state index in [1.165, 1.54) is 23.6 Å². The van der Waals surface area contributed by atoms with Gasteiger partial charge >= 0.3 is 0 Å². The number of likely N-dealkylation sites (tertiary alicyclic amines) is 2. The number of rotatable bonds is 11. The van der Waals surface area contributed by atoms with Crippen LogP contribution in [-0.4, -0.2) is 135 Å². The Balaban J connectivity index is 0.891. The van der Waals surface area contributed by atoms with Crippen molar-refractivity contribution in [2.75, 3.05) is 80.8 Å². The minimum atomic E-state index is -4.76. The second-order valence-corrected chi connectivity index (χ2v) is 23.7. The maximum absolute atomic E-state index is 16.2. The lowest BCUT2D eigenvalue weighted by Crippen LogP contribution is -2.55. The number of hydrogen-bond donors (Lipinski definition) is 3. The molecule has 1 saturated carbocycles. The van der Waals surface area contributed by atoms with E-state index >= 15 is 8.42 Å². The van der Waals surface area contributed by atoms with E-state index in [0.717, 1.165) is 69.5 Å². The number of benzene rings is 3. The fraction of sp³-hybridized carbons (Fsp3) is 0.519. The molecule has 2 aromatic heterocycles. The van der Waals surface area contributed by atoms with Crippen LogP contribution < -0.4 is 30.3 Å². The van der Waals surface area contributed by atoms with E-state index in [1.54, 1.807) is 18.3 Å². The molecule has 19 heteroatoms. The first kappa shape index (κ1) is 46.8. The Hall–Kier alpha value is -5.99. The van der Waals surface area contributed by atoms with E-state index in [9.17, 15) is 14.9 Å². The summed E-state index contributed by atoms with van der Waals surface area (Å²) in [6.07, 6.45) is 10.3. The van der Waals surface area contributed by atoms with Crippen LogP contribution in [0.5, 0.6) is 11.6 Å². The molecule has 5 saturated heterocycles. The summed E-state index contributed by atoms with van der Waals surface area (Å²) < 4.78 is 57.1. The van der Waals surface area contributed by atoms with Crippen LogP contribution in [0.4, 0.5) is 28.4 Å². The number of primary amides is 1. The molecule has 1 spiro atoms. The Morgan fingerprint density at radius 2 is 1.84 bits per heavy atom. The van der Waals surface area contributed by atoms with Gasteiger partial charge in [0.2, 0.25) is 15.7 Å². The van der Waals surface area contributed by atoms with E-state index in [0.29, 0.717) is 75.0 Å². The van der Waals surface area contributed by atoms with Crippen LogP contribution in [0.1, 0.15) is 85.8 Å². The number of aromatic nitrogens is 2. The molecular weight excluding hydrogens is 951 g/mol. The van der Waals surface area contributed by atoms with Crippen molar-refractivity contribution >= 4 is 55.2 Å². The third-order valence-corrected chi connectivity index (χ3v) is 19.5. The van der Waals surface area contributed by atoms with Gasteiger partial charge in [-0.1, -0.05) is 31.2 Å². The fourth-order valence-electron chi connectivity index (χ4n) is 13.9. The molecule has 0 radical (unpaired) electrons. The maximum atomic E-state index is 16.2. The van der Waals surface area contributed by atoms with E-state index in [4.69, 9.17) is 29.7 Å². The number of sulfone groups is 1. The number of aromatic amines is 1. The molecule has 7 aliphatic heterocycles. The van der Waals surface area contributed by atoms with Crippen molar-refractivity contribution in [3.8, 4) is 11.6 Å². The molecule has 13 rings (SSSR count). The smallest absolute Gasteiger partial charge is 0.297 e. The van der Waals surface area contributed by atoms with Gasteiger partial charge in [0.05, 0.1) is 52.1 Å². The van der Waals surface area contributed by atoms with E-state index < -0.39 is 32.5 Å². The fourth-order valence-corrected chi connectivity index (χ4v) is 15.6. The molecule has 4 N–H and O–H groups in total. The summed E-state index contributed by atoms with van der Waals surface area (Å²) in [5, 5.41) is 17.2. The lowest BCUT2D eigenvalue weighted by Gasteiger charge is -2.56. The molecule has 9 heterocycles. The van der Waals surface area contributed by atoms with Gasteiger partial charge in [-0.3, -0.25) is 24.7 Å². The number of nitro groups is 1. The van der Waals surface area contributed by atoms with Gasteiger partial charge in [0, 0.05) is 87.1 Å². The molecule has 73 heavy (non-hydrogen) atoms. The molecule has 6 fully saturated rings. The molecule has 3 aromatic carbocycles. The number of pyridine rings is 1. The van der Waals surface area contributed by atoms with E-state index in [2.05, 4.69) is 56.2 Å². The quantitative estimate of drug-likeness (QED) is 0.0888. The van der Waals surface area contributed by atoms with Crippen LogP contribution in [0.25, 0.3) is 11.0 Å². The van der Waals surface area contributed by atoms with Crippen molar-refractivity contribution in [3.63, 3.8) is 0 Å². The highest BCUT2D eigenvalue weighted by Gasteiger charge is 2.51. The summed E-state index contributed by atoms with van der Waals surface area (Å²) in [7, 11) is -4.76. The number of fused-ring (bicyclic) bond motifs is 6. The van der Waals surface area contributed by atoms with Crippen LogP contribution in [0.15, 0.2) is 76.7 Å². The standard InChI is InChI=1S/C54H63N9O9S/c1-2-32-6-3-4-7-40(32)42-8-5-16-61(42)37-24-54(25-37)13-17-59(18-14-54)43-10-9-41(51(55)64)49(62-26-34-12-19-69-31-47(34)72-53-45(62)20-33-11-15-56-52(33)58-53)50(43)73(67,68)39-22-44(63(65)66)48-46(23-39)71-29-35(57-48)27-60-28-38-21-36(60)30-70-38/h3-4,6-7,9-11,15,20,22-23,34-38,42,47,57H,2,5,8,12-14,16-19,21,24-31H2,1H3,(H2,55,64)(H,56,58)/t34-,35+,36+,38+,42+,47-/m1/s1. The number of nitro benzene ring substituents is 1. The number of amides is 1. The van der Waals surface area contributed by atoms with E-state index in [1.807, 2.05) is 17.0 Å². The first-order valence-corrected chi connectivity index (χ1v) is 27.8. The Labute approximate surface area is 424 Å². The molecule has 5 aromatic rings. The number of ether oxygens (including phenoxy) is 4. The second kappa shape index (κ2) is 18.1. The lowest BCUT2D eigenvalue weighted by atomic mass is 9.59. The van der Waals surface area contributed by atoms with Crippen molar-refractivity contribution in [2.45, 2.75) is 111 Å². The van der Waals surface area contributed by atoms with Crippen LogP contribution in [0, 0.1) is 21.4 Å². The number of aryl methyl sites for hydroxylation is 1. The molecule has 8 aliphatic rings. The molecule has 1 aliphatic carbocycles. The molecule has 0 unspecified atom stereocenters. The van der Waals surface area contributed by atoms with Gasteiger partial charge in [0.25, 0.3) is 11.6 Å². The molecule has 384 valence electrons. The number of nitrogens with zero attached hydrogens (tertiary/aromatic N) is 6. The predicted octanol–water partition coefficient (Wildman–Crippen LogP) is 7.13.